The Kier molecular flexibility index (Phi) is 2.88. The molecule has 6 heteroatoms. The molecule has 0 radical (unpaired) electrons. The fourth-order valence-corrected chi connectivity index (χ4v) is 2.08. The lowest BCUT2D eigenvalue weighted by Crippen LogP contribution is -2.30. The molecule has 0 bridgehead atoms. The molecule has 3 atom stereocenters. The number of carbonyl (C=O) groups excluding carboxylic acids is 1. The van der Waals surface area contributed by atoms with Gasteiger partial charge in [-0.25, -0.2) is 4.79 Å². The molecule has 2 aliphatic heterocycles. The van der Waals surface area contributed by atoms with Crippen LogP contribution in [0.3, 0.4) is 0 Å². The molecule has 0 spiro atoms. The van der Waals surface area contributed by atoms with Crippen molar-refractivity contribution in [3.63, 3.8) is 0 Å². The number of aliphatic hydroxyl groups is 2. The average Bonchev–Trinajstić information content (AvgIpc) is 3.01. The second-order valence-electron chi connectivity index (χ2n) is 4.31. The molecule has 19 heavy (non-hydrogen) atoms. The van der Waals surface area contributed by atoms with E-state index in [0.717, 1.165) is 5.56 Å². The largest absolute Gasteiger partial charge is 0.505 e. The highest BCUT2D eigenvalue weighted by atomic mass is 16.7. The van der Waals surface area contributed by atoms with Crippen molar-refractivity contribution >= 4 is 5.97 Å². The van der Waals surface area contributed by atoms with Gasteiger partial charge in [0.25, 0.3) is 0 Å². The first-order chi connectivity index (χ1) is 9.16. The maximum absolute atomic E-state index is 11.1. The Bertz CT molecular complexity index is 523. The summed E-state index contributed by atoms with van der Waals surface area (Å²) in [4.78, 5) is 11.1. The number of cyclic esters (lactones) is 1. The molecule has 0 amide bonds. The first kappa shape index (κ1) is 12.0. The first-order valence-corrected chi connectivity index (χ1v) is 5.82. The van der Waals surface area contributed by atoms with Crippen LogP contribution in [0.4, 0.5) is 0 Å². The van der Waals surface area contributed by atoms with Crippen molar-refractivity contribution in [1.29, 1.82) is 0 Å². The van der Waals surface area contributed by atoms with Gasteiger partial charge in [0.2, 0.25) is 5.76 Å². The van der Waals surface area contributed by atoms with Crippen LogP contribution in [0.15, 0.2) is 41.9 Å². The quantitative estimate of drug-likeness (QED) is 0.784. The summed E-state index contributed by atoms with van der Waals surface area (Å²) in [6.07, 6.45) is -2.22. The van der Waals surface area contributed by atoms with Gasteiger partial charge in [-0.2, -0.15) is 0 Å². The van der Waals surface area contributed by atoms with Crippen LogP contribution < -0.4 is 0 Å². The zero-order valence-corrected chi connectivity index (χ0v) is 9.85. The SMILES string of the molecule is O=C1O[C@H]([C@@H]2CO[C@H](c3ccccc3)O2)C(O)=C1O. The topological polar surface area (TPSA) is 85.2 Å². The van der Waals surface area contributed by atoms with Gasteiger partial charge in [0.1, 0.15) is 6.10 Å². The number of hydrogen-bond donors (Lipinski definition) is 2. The smallest absolute Gasteiger partial charge is 0.377 e. The number of hydrogen-bond acceptors (Lipinski definition) is 6. The van der Waals surface area contributed by atoms with Gasteiger partial charge in [-0.15, -0.1) is 0 Å². The standard InChI is InChI=1S/C13H12O6/c14-9-10(15)12(16)19-11(9)8-6-17-13(18-8)7-4-2-1-3-5-7/h1-5,8,11,13-15H,6H2/t8-,11+,13-/m0/s1. The summed E-state index contributed by atoms with van der Waals surface area (Å²) in [5.74, 6) is -2.22. The van der Waals surface area contributed by atoms with E-state index >= 15 is 0 Å². The van der Waals surface area contributed by atoms with Gasteiger partial charge in [-0.05, 0) is 0 Å². The van der Waals surface area contributed by atoms with Gasteiger partial charge >= 0.3 is 5.97 Å². The Morgan fingerprint density at radius 3 is 2.53 bits per heavy atom. The van der Waals surface area contributed by atoms with Crippen molar-refractivity contribution in [2.24, 2.45) is 0 Å². The second kappa shape index (κ2) is 4.56. The van der Waals surface area contributed by atoms with Crippen LogP contribution >= 0.6 is 0 Å². The van der Waals surface area contributed by atoms with Gasteiger partial charge in [0, 0.05) is 5.56 Å². The van der Waals surface area contributed by atoms with Gasteiger partial charge < -0.3 is 24.4 Å². The summed E-state index contributed by atoms with van der Waals surface area (Å²) in [6, 6.07) is 9.28. The normalized spacial score (nSPS) is 30.7. The number of ether oxygens (including phenoxy) is 3. The van der Waals surface area contributed by atoms with E-state index in [2.05, 4.69) is 0 Å². The number of esters is 1. The fourth-order valence-electron chi connectivity index (χ4n) is 2.08. The minimum absolute atomic E-state index is 0.162. The Morgan fingerprint density at radius 2 is 1.89 bits per heavy atom. The fraction of sp³-hybridized carbons (Fsp3) is 0.308. The van der Waals surface area contributed by atoms with Gasteiger partial charge in [0.15, 0.2) is 18.2 Å². The summed E-state index contributed by atoms with van der Waals surface area (Å²) in [6.45, 7) is 0.162. The lowest BCUT2D eigenvalue weighted by Gasteiger charge is -2.16. The molecule has 1 fully saturated rings. The van der Waals surface area contributed by atoms with Crippen molar-refractivity contribution in [3.05, 3.63) is 47.4 Å². The van der Waals surface area contributed by atoms with Crippen molar-refractivity contribution in [1.82, 2.24) is 0 Å². The zero-order chi connectivity index (χ0) is 13.4. The molecule has 3 rings (SSSR count). The van der Waals surface area contributed by atoms with Gasteiger partial charge in [0.05, 0.1) is 6.61 Å². The highest BCUT2D eigenvalue weighted by molar-refractivity contribution is 5.89. The van der Waals surface area contributed by atoms with Gasteiger partial charge in [-0.3, -0.25) is 0 Å². The van der Waals surface area contributed by atoms with Crippen molar-refractivity contribution in [2.45, 2.75) is 18.5 Å². The number of aliphatic hydroxyl groups excluding tert-OH is 2. The summed E-state index contributed by atoms with van der Waals surface area (Å²) in [5, 5.41) is 18.8. The van der Waals surface area contributed by atoms with E-state index in [0.29, 0.717) is 0 Å². The van der Waals surface area contributed by atoms with Crippen LogP contribution in [0.2, 0.25) is 0 Å². The number of rotatable bonds is 2. The molecule has 1 saturated heterocycles. The van der Waals surface area contributed by atoms with Crippen LogP contribution in [0, 0.1) is 0 Å². The number of benzene rings is 1. The highest BCUT2D eigenvalue weighted by Crippen LogP contribution is 2.33. The summed E-state index contributed by atoms with van der Waals surface area (Å²) in [7, 11) is 0. The third-order valence-electron chi connectivity index (χ3n) is 3.06. The third kappa shape index (κ3) is 2.05. The third-order valence-corrected chi connectivity index (χ3v) is 3.06. The van der Waals surface area contributed by atoms with E-state index in [4.69, 9.17) is 14.2 Å². The molecule has 0 saturated carbocycles. The lowest BCUT2D eigenvalue weighted by atomic mass is 10.2. The molecule has 0 unspecified atom stereocenters. The average molecular weight is 264 g/mol. The zero-order valence-electron chi connectivity index (χ0n) is 9.85. The van der Waals surface area contributed by atoms with E-state index in [1.54, 1.807) is 0 Å². The summed E-state index contributed by atoms with van der Waals surface area (Å²) < 4.78 is 15.9. The molecule has 0 aromatic heterocycles. The van der Waals surface area contributed by atoms with E-state index in [9.17, 15) is 15.0 Å². The molecule has 2 N–H and O–H groups in total. The maximum Gasteiger partial charge on any atom is 0.377 e. The summed E-state index contributed by atoms with van der Waals surface area (Å²) >= 11 is 0. The van der Waals surface area contributed by atoms with Crippen LogP contribution in [0.25, 0.3) is 0 Å². The Labute approximate surface area is 108 Å². The van der Waals surface area contributed by atoms with Crippen molar-refractivity contribution in [2.75, 3.05) is 6.61 Å². The van der Waals surface area contributed by atoms with E-state index in [1.165, 1.54) is 0 Å². The first-order valence-electron chi connectivity index (χ1n) is 5.82. The monoisotopic (exact) mass is 264 g/mol. The van der Waals surface area contributed by atoms with Crippen LogP contribution in [0.5, 0.6) is 0 Å². The minimum Gasteiger partial charge on any atom is -0.505 e. The van der Waals surface area contributed by atoms with E-state index in [-0.39, 0.29) is 6.61 Å². The van der Waals surface area contributed by atoms with Crippen LogP contribution in [-0.2, 0) is 19.0 Å². The molecule has 1 aromatic carbocycles. The summed E-state index contributed by atoms with van der Waals surface area (Å²) in [5.41, 5.74) is 0.835. The van der Waals surface area contributed by atoms with Crippen molar-refractivity contribution < 1.29 is 29.2 Å². The van der Waals surface area contributed by atoms with E-state index < -0.39 is 36.0 Å². The van der Waals surface area contributed by atoms with E-state index in [1.807, 2.05) is 30.3 Å². The Balaban J connectivity index is 1.72. The van der Waals surface area contributed by atoms with Gasteiger partial charge in [-0.1, -0.05) is 30.3 Å². The molecular formula is C13H12O6. The number of carbonyl (C=O) groups is 1. The molecule has 0 aliphatic carbocycles. The van der Waals surface area contributed by atoms with Crippen molar-refractivity contribution in [3.8, 4) is 0 Å². The maximum atomic E-state index is 11.1. The molecule has 2 aliphatic rings. The molecular weight excluding hydrogens is 252 g/mol. The van der Waals surface area contributed by atoms with Crippen LogP contribution in [-0.4, -0.2) is 35.0 Å². The molecule has 6 nitrogen and oxygen atoms in total. The minimum atomic E-state index is -1.01. The Hall–Kier alpha value is -2.05. The van der Waals surface area contributed by atoms with Crippen LogP contribution in [0.1, 0.15) is 11.9 Å². The predicted octanol–water partition coefficient (Wildman–Crippen LogP) is 1.35. The lowest BCUT2D eigenvalue weighted by molar-refractivity contribution is -0.149. The molecule has 100 valence electrons. The predicted molar refractivity (Wildman–Crippen MR) is 62.2 cm³/mol. The Morgan fingerprint density at radius 1 is 1.16 bits per heavy atom. The molecule has 2 heterocycles. The highest BCUT2D eigenvalue weighted by Gasteiger charge is 2.44. The second-order valence-corrected chi connectivity index (χ2v) is 4.31. The molecule has 1 aromatic rings.